The molecule has 1 saturated heterocycles. The van der Waals surface area contributed by atoms with E-state index in [1.54, 1.807) is 0 Å². The molecule has 0 atom stereocenters. The SMILES string of the molecule is Clc1ccc2cc(-c3ccccc3)c(N3CCCCC3)nc2n1. The first kappa shape index (κ1) is 14.5. The van der Waals surface area contributed by atoms with Crippen LogP contribution in [0.5, 0.6) is 0 Å². The number of anilines is 1. The van der Waals surface area contributed by atoms with Gasteiger partial charge in [-0.2, -0.15) is 0 Å². The Kier molecular flexibility index (Phi) is 3.88. The molecule has 0 aliphatic carbocycles. The molecule has 0 N–H and O–H groups in total. The number of rotatable bonds is 2. The van der Waals surface area contributed by atoms with E-state index in [1.165, 1.54) is 30.4 Å². The number of nitrogens with zero attached hydrogens (tertiary/aromatic N) is 3. The molecule has 0 saturated carbocycles. The molecule has 0 radical (unpaired) electrons. The van der Waals surface area contributed by atoms with Crippen LogP contribution in [0.2, 0.25) is 5.15 Å². The Morgan fingerprint density at radius 3 is 2.43 bits per heavy atom. The van der Waals surface area contributed by atoms with E-state index < -0.39 is 0 Å². The van der Waals surface area contributed by atoms with E-state index in [4.69, 9.17) is 16.6 Å². The summed E-state index contributed by atoms with van der Waals surface area (Å²) in [7, 11) is 0. The zero-order valence-corrected chi connectivity index (χ0v) is 13.6. The maximum atomic E-state index is 6.05. The molecule has 116 valence electrons. The minimum absolute atomic E-state index is 0.488. The molecule has 3 aromatic rings. The Bertz CT molecular complexity index is 827. The standard InChI is InChI=1S/C19H18ClN3/c20-17-10-9-15-13-16(14-7-3-1-4-8-14)19(22-18(15)21-17)23-11-5-2-6-12-23/h1,3-4,7-10,13H,2,5-6,11-12H2. The second-order valence-electron chi connectivity index (χ2n) is 5.95. The number of hydrogen-bond donors (Lipinski definition) is 0. The Hall–Kier alpha value is -2.13. The second-order valence-corrected chi connectivity index (χ2v) is 6.34. The van der Waals surface area contributed by atoms with Crippen molar-refractivity contribution in [2.24, 2.45) is 0 Å². The summed E-state index contributed by atoms with van der Waals surface area (Å²) >= 11 is 6.05. The Labute approximate surface area is 140 Å². The van der Waals surface area contributed by atoms with Crippen LogP contribution in [-0.4, -0.2) is 23.1 Å². The van der Waals surface area contributed by atoms with Crippen molar-refractivity contribution in [1.29, 1.82) is 0 Å². The number of halogens is 1. The van der Waals surface area contributed by atoms with E-state index in [2.05, 4.69) is 40.2 Å². The smallest absolute Gasteiger partial charge is 0.163 e. The van der Waals surface area contributed by atoms with E-state index in [9.17, 15) is 0 Å². The van der Waals surface area contributed by atoms with Crippen molar-refractivity contribution >= 4 is 28.5 Å². The van der Waals surface area contributed by atoms with Crippen molar-refractivity contribution in [3.8, 4) is 11.1 Å². The van der Waals surface area contributed by atoms with Crippen molar-refractivity contribution < 1.29 is 0 Å². The molecule has 2 aromatic heterocycles. The third-order valence-electron chi connectivity index (χ3n) is 4.36. The summed E-state index contributed by atoms with van der Waals surface area (Å²) in [6.07, 6.45) is 3.74. The van der Waals surface area contributed by atoms with E-state index in [1.807, 2.05) is 18.2 Å². The molecule has 4 heteroatoms. The molecule has 1 aliphatic heterocycles. The number of hydrogen-bond acceptors (Lipinski definition) is 3. The van der Waals surface area contributed by atoms with Crippen LogP contribution in [0.4, 0.5) is 5.82 Å². The molecular weight excluding hydrogens is 306 g/mol. The molecule has 0 bridgehead atoms. The van der Waals surface area contributed by atoms with E-state index in [-0.39, 0.29) is 0 Å². The zero-order chi connectivity index (χ0) is 15.6. The number of aromatic nitrogens is 2. The van der Waals surface area contributed by atoms with Crippen LogP contribution < -0.4 is 4.90 Å². The Morgan fingerprint density at radius 1 is 0.870 bits per heavy atom. The fraction of sp³-hybridized carbons (Fsp3) is 0.263. The largest absolute Gasteiger partial charge is 0.356 e. The quantitative estimate of drug-likeness (QED) is 0.625. The lowest BCUT2D eigenvalue weighted by atomic mass is 10.0. The van der Waals surface area contributed by atoms with E-state index >= 15 is 0 Å². The van der Waals surface area contributed by atoms with Gasteiger partial charge in [0.2, 0.25) is 0 Å². The molecule has 1 fully saturated rings. The van der Waals surface area contributed by atoms with E-state index in [0.29, 0.717) is 5.15 Å². The number of piperidine rings is 1. The fourth-order valence-electron chi connectivity index (χ4n) is 3.20. The maximum Gasteiger partial charge on any atom is 0.163 e. The minimum Gasteiger partial charge on any atom is -0.356 e. The van der Waals surface area contributed by atoms with Crippen LogP contribution in [-0.2, 0) is 0 Å². The average Bonchev–Trinajstić information content (AvgIpc) is 2.62. The van der Waals surface area contributed by atoms with Gasteiger partial charge in [-0.05, 0) is 43.0 Å². The van der Waals surface area contributed by atoms with Gasteiger partial charge in [-0.25, -0.2) is 9.97 Å². The number of benzene rings is 1. The third-order valence-corrected chi connectivity index (χ3v) is 4.57. The second kappa shape index (κ2) is 6.17. The normalized spacial score (nSPS) is 15.1. The predicted molar refractivity (Wildman–Crippen MR) is 96.0 cm³/mol. The lowest BCUT2D eigenvalue weighted by Gasteiger charge is -2.29. The maximum absolute atomic E-state index is 6.05. The highest BCUT2D eigenvalue weighted by Gasteiger charge is 2.18. The minimum atomic E-state index is 0.488. The predicted octanol–water partition coefficient (Wildman–Crippen LogP) is 4.94. The van der Waals surface area contributed by atoms with Crippen molar-refractivity contribution in [1.82, 2.24) is 9.97 Å². The lowest BCUT2D eigenvalue weighted by Crippen LogP contribution is -2.30. The van der Waals surface area contributed by atoms with Crippen LogP contribution in [0.1, 0.15) is 19.3 Å². The van der Waals surface area contributed by atoms with Gasteiger partial charge in [-0.15, -0.1) is 0 Å². The summed E-state index contributed by atoms with van der Waals surface area (Å²) in [5.74, 6) is 1.03. The molecular formula is C19H18ClN3. The summed E-state index contributed by atoms with van der Waals surface area (Å²) < 4.78 is 0. The Morgan fingerprint density at radius 2 is 1.65 bits per heavy atom. The molecule has 4 rings (SSSR count). The molecule has 1 aliphatic rings. The number of fused-ring (bicyclic) bond motifs is 1. The van der Waals surface area contributed by atoms with Crippen molar-refractivity contribution in [2.75, 3.05) is 18.0 Å². The van der Waals surface area contributed by atoms with Gasteiger partial charge in [0.15, 0.2) is 5.65 Å². The summed E-state index contributed by atoms with van der Waals surface area (Å²) in [4.78, 5) is 11.6. The van der Waals surface area contributed by atoms with Crippen LogP contribution in [0.3, 0.4) is 0 Å². The van der Waals surface area contributed by atoms with Gasteiger partial charge < -0.3 is 4.90 Å². The van der Waals surface area contributed by atoms with Crippen molar-refractivity contribution in [3.05, 3.63) is 53.7 Å². The molecule has 23 heavy (non-hydrogen) atoms. The highest BCUT2D eigenvalue weighted by atomic mass is 35.5. The first-order valence-corrected chi connectivity index (χ1v) is 8.47. The van der Waals surface area contributed by atoms with Gasteiger partial charge in [0.25, 0.3) is 0 Å². The van der Waals surface area contributed by atoms with Crippen molar-refractivity contribution in [3.63, 3.8) is 0 Å². The topological polar surface area (TPSA) is 29.0 Å². The number of pyridine rings is 2. The van der Waals surface area contributed by atoms with Gasteiger partial charge in [-0.1, -0.05) is 41.9 Å². The highest BCUT2D eigenvalue weighted by Crippen LogP contribution is 2.33. The summed E-state index contributed by atoms with van der Waals surface area (Å²) in [6, 6.07) is 16.5. The molecule has 0 amide bonds. The average molecular weight is 324 g/mol. The van der Waals surface area contributed by atoms with E-state index in [0.717, 1.165) is 29.9 Å². The summed E-state index contributed by atoms with van der Waals surface area (Å²) in [6.45, 7) is 2.11. The molecule has 3 nitrogen and oxygen atoms in total. The van der Waals surface area contributed by atoms with Crippen molar-refractivity contribution in [2.45, 2.75) is 19.3 Å². The van der Waals surface area contributed by atoms with Crippen LogP contribution in [0.25, 0.3) is 22.2 Å². The molecule has 3 heterocycles. The zero-order valence-electron chi connectivity index (χ0n) is 12.9. The van der Waals surface area contributed by atoms with Gasteiger partial charge in [-0.3, -0.25) is 0 Å². The van der Waals surface area contributed by atoms with Gasteiger partial charge in [0, 0.05) is 24.0 Å². The molecule has 0 unspecified atom stereocenters. The van der Waals surface area contributed by atoms with Crippen LogP contribution in [0.15, 0.2) is 48.5 Å². The van der Waals surface area contributed by atoms with Crippen LogP contribution >= 0.6 is 11.6 Å². The molecule has 1 aromatic carbocycles. The highest BCUT2D eigenvalue weighted by molar-refractivity contribution is 6.29. The van der Waals surface area contributed by atoms with Gasteiger partial charge in [0.05, 0.1) is 0 Å². The third kappa shape index (κ3) is 2.89. The fourth-order valence-corrected chi connectivity index (χ4v) is 3.34. The summed E-state index contributed by atoms with van der Waals surface area (Å²) in [5.41, 5.74) is 3.08. The van der Waals surface area contributed by atoms with Crippen LogP contribution in [0, 0.1) is 0 Å². The molecule has 0 spiro atoms. The van der Waals surface area contributed by atoms with Gasteiger partial charge in [0.1, 0.15) is 11.0 Å². The summed E-state index contributed by atoms with van der Waals surface area (Å²) in [5, 5.41) is 1.51. The monoisotopic (exact) mass is 323 g/mol. The lowest BCUT2D eigenvalue weighted by molar-refractivity contribution is 0.574. The van der Waals surface area contributed by atoms with Gasteiger partial charge >= 0.3 is 0 Å². The first-order chi connectivity index (χ1) is 11.3. The first-order valence-electron chi connectivity index (χ1n) is 8.09. The Balaban J connectivity index is 1.92.